The standard InChI is InChI=1S/C8H14N4O4/c1-8(2,3)16-5(13)4-10-7(15)12-11-6(9)14/h4H2,1-3H3,(H2,9,14)(H,10,15). The number of nitrogens with two attached hydrogens (primary N) is 1. The smallest absolute Gasteiger partial charge is 0.360 e. The average molecular weight is 230 g/mol. The molecule has 0 rings (SSSR count). The second-order valence-corrected chi connectivity index (χ2v) is 3.78. The second kappa shape index (κ2) is 5.79. The number of hydrogen-bond donors (Lipinski definition) is 2. The van der Waals surface area contributed by atoms with Crippen molar-refractivity contribution in [1.82, 2.24) is 5.32 Å². The van der Waals surface area contributed by atoms with E-state index >= 15 is 0 Å². The number of carbonyl (C=O) groups is 3. The Labute approximate surface area is 92.2 Å². The predicted octanol–water partition coefficient (Wildman–Crippen LogP) is 0.569. The van der Waals surface area contributed by atoms with Gasteiger partial charge in [0, 0.05) is 0 Å². The molecule has 0 bridgehead atoms. The van der Waals surface area contributed by atoms with Crippen LogP contribution in [0, 0.1) is 0 Å². The van der Waals surface area contributed by atoms with E-state index in [1.165, 1.54) is 0 Å². The predicted molar refractivity (Wildman–Crippen MR) is 53.7 cm³/mol. The minimum atomic E-state index is -1.09. The topological polar surface area (TPSA) is 123 Å². The van der Waals surface area contributed by atoms with Gasteiger partial charge in [-0.05, 0) is 20.8 Å². The van der Waals surface area contributed by atoms with E-state index in [1.807, 2.05) is 0 Å². The molecule has 0 heterocycles. The summed E-state index contributed by atoms with van der Waals surface area (Å²) in [6.07, 6.45) is 0. The number of amides is 4. The van der Waals surface area contributed by atoms with Gasteiger partial charge in [-0.2, -0.15) is 0 Å². The summed E-state index contributed by atoms with van der Waals surface area (Å²) in [6, 6.07) is -2.03. The van der Waals surface area contributed by atoms with Gasteiger partial charge in [-0.3, -0.25) is 4.79 Å². The normalized spacial score (nSPS) is 11.2. The minimum Gasteiger partial charge on any atom is -0.459 e. The third kappa shape index (κ3) is 8.60. The van der Waals surface area contributed by atoms with Gasteiger partial charge in [0.1, 0.15) is 12.1 Å². The summed E-state index contributed by atoms with van der Waals surface area (Å²) in [4.78, 5) is 32.1. The molecule has 0 radical (unpaired) electrons. The van der Waals surface area contributed by atoms with Crippen LogP contribution >= 0.6 is 0 Å². The third-order valence-electron chi connectivity index (χ3n) is 1.04. The molecule has 4 amide bonds. The molecule has 0 saturated heterocycles. The fourth-order valence-corrected chi connectivity index (χ4v) is 0.655. The Morgan fingerprint density at radius 2 is 1.81 bits per heavy atom. The van der Waals surface area contributed by atoms with Crippen LogP contribution in [0.2, 0.25) is 0 Å². The average Bonchev–Trinajstić information content (AvgIpc) is 2.08. The molecule has 0 aromatic carbocycles. The van der Waals surface area contributed by atoms with E-state index in [1.54, 1.807) is 20.8 Å². The monoisotopic (exact) mass is 230 g/mol. The van der Waals surface area contributed by atoms with Crippen LogP contribution in [0.4, 0.5) is 9.59 Å². The molecule has 3 N–H and O–H groups in total. The van der Waals surface area contributed by atoms with Gasteiger partial charge in [-0.1, -0.05) is 10.2 Å². The number of nitrogens with one attached hydrogen (secondary N) is 1. The molecule has 0 atom stereocenters. The van der Waals surface area contributed by atoms with E-state index in [9.17, 15) is 14.4 Å². The van der Waals surface area contributed by atoms with E-state index in [4.69, 9.17) is 4.74 Å². The summed E-state index contributed by atoms with van der Waals surface area (Å²) in [6.45, 7) is 4.73. The Hall–Kier alpha value is -1.99. The molecule has 0 aliphatic heterocycles. The highest BCUT2D eigenvalue weighted by atomic mass is 16.6. The van der Waals surface area contributed by atoms with Crippen LogP contribution < -0.4 is 11.1 Å². The van der Waals surface area contributed by atoms with Crippen molar-refractivity contribution in [3.05, 3.63) is 0 Å². The molecular formula is C8H14N4O4. The Morgan fingerprint density at radius 1 is 1.25 bits per heavy atom. The maximum absolute atomic E-state index is 11.1. The Morgan fingerprint density at radius 3 is 2.25 bits per heavy atom. The van der Waals surface area contributed by atoms with Crippen LogP contribution in [0.5, 0.6) is 0 Å². The molecule has 0 saturated carbocycles. The van der Waals surface area contributed by atoms with Crippen LogP contribution in [-0.4, -0.2) is 30.2 Å². The molecule has 90 valence electrons. The molecule has 0 aliphatic carbocycles. The first-order valence-electron chi connectivity index (χ1n) is 4.41. The molecule has 8 heteroatoms. The van der Waals surface area contributed by atoms with Crippen molar-refractivity contribution in [2.75, 3.05) is 6.54 Å². The Bertz CT molecular complexity index is 318. The largest absolute Gasteiger partial charge is 0.459 e. The van der Waals surface area contributed by atoms with Crippen LogP contribution in [-0.2, 0) is 9.53 Å². The summed E-state index contributed by atoms with van der Waals surface area (Å²) in [5, 5.41) is 7.74. The maximum atomic E-state index is 11.1. The zero-order chi connectivity index (χ0) is 12.8. The van der Waals surface area contributed by atoms with Crippen molar-refractivity contribution in [3.63, 3.8) is 0 Å². The number of carbonyl (C=O) groups excluding carboxylic acids is 3. The number of azo groups is 1. The molecule has 0 unspecified atom stereocenters. The number of rotatable bonds is 2. The van der Waals surface area contributed by atoms with Gasteiger partial charge in [0.2, 0.25) is 0 Å². The molecular weight excluding hydrogens is 216 g/mol. The highest BCUT2D eigenvalue weighted by molar-refractivity contribution is 5.82. The van der Waals surface area contributed by atoms with Crippen molar-refractivity contribution in [2.45, 2.75) is 26.4 Å². The van der Waals surface area contributed by atoms with Gasteiger partial charge in [0.15, 0.2) is 0 Å². The maximum Gasteiger partial charge on any atom is 0.360 e. The molecule has 8 nitrogen and oxygen atoms in total. The van der Waals surface area contributed by atoms with Crippen molar-refractivity contribution in [2.24, 2.45) is 16.0 Å². The molecule has 16 heavy (non-hydrogen) atoms. The number of esters is 1. The molecule has 0 aliphatic rings. The first kappa shape index (κ1) is 14.0. The first-order valence-corrected chi connectivity index (χ1v) is 4.41. The van der Waals surface area contributed by atoms with Gasteiger partial charge in [-0.25, -0.2) is 9.59 Å². The quantitative estimate of drug-likeness (QED) is 0.531. The minimum absolute atomic E-state index is 0.353. The van der Waals surface area contributed by atoms with Crippen molar-refractivity contribution in [1.29, 1.82) is 0 Å². The fourth-order valence-electron chi connectivity index (χ4n) is 0.655. The SMILES string of the molecule is CC(C)(C)OC(=O)CNC(=O)N=NC(N)=O. The lowest BCUT2D eigenvalue weighted by molar-refractivity contribution is -0.153. The van der Waals surface area contributed by atoms with Crippen molar-refractivity contribution < 1.29 is 19.1 Å². The van der Waals surface area contributed by atoms with E-state index < -0.39 is 23.6 Å². The molecule has 0 fully saturated rings. The summed E-state index contributed by atoms with van der Waals surface area (Å²) in [7, 11) is 0. The van der Waals surface area contributed by atoms with Gasteiger partial charge >= 0.3 is 18.0 Å². The van der Waals surface area contributed by atoms with Crippen molar-refractivity contribution >= 4 is 18.0 Å². The summed E-state index contributed by atoms with van der Waals surface area (Å²) in [5.74, 6) is -0.616. The zero-order valence-corrected chi connectivity index (χ0v) is 9.31. The van der Waals surface area contributed by atoms with Crippen LogP contribution in [0.25, 0.3) is 0 Å². The van der Waals surface area contributed by atoms with E-state index in [2.05, 4.69) is 21.3 Å². The van der Waals surface area contributed by atoms with Crippen LogP contribution in [0.3, 0.4) is 0 Å². The molecule has 0 spiro atoms. The summed E-state index contributed by atoms with van der Waals surface area (Å²) in [5.41, 5.74) is 3.98. The summed E-state index contributed by atoms with van der Waals surface area (Å²) < 4.78 is 4.90. The van der Waals surface area contributed by atoms with Crippen LogP contribution in [0.15, 0.2) is 10.2 Å². The van der Waals surface area contributed by atoms with Gasteiger partial charge in [-0.15, -0.1) is 0 Å². The first-order chi connectivity index (χ1) is 7.20. The number of urea groups is 2. The van der Waals surface area contributed by atoms with Crippen molar-refractivity contribution in [3.8, 4) is 0 Å². The number of ether oxygens (including phenoxy) is 1. The highest BCUT2D eigenvalue weighted by Gasteiger charge is 2.16. The highest BCUT2D eigenvalue weighted by Crippen LogP contribution is 2.06. The lowest BCUT2D eigenvalue weighted by Crippen LogP contribution is -2.33. The van der Waals surface area contributed by atoms with Gasteiger partial charge < -0.3 is 15.8 Å². The zero-order valence-electron chi connectivity index (χ0n) is 9.31. The summed E-state index contributed by atoms with van der Waals surface area (Å²) >= 11 is 0. The number of primary amides is 1. The number of hydrogen-bond acceptors (Lipinski definition) is 4. The van der Waals surface area contributed by atoms with Gasteiger partial charge in [0.05, 0.1) is 0 Å². The van der Waals surface area contributed by atoms with Gasteiger partial charge in [0.25, 0.3) is 0 Å². The number of nitrogens with zero attached hydrogens (tertiary/aromatic N) is 2. The fraction of sp³-hybridized carbons (Fsp3) is 0.625. The molecule has 0 aromatic heterocycles. The lowest BCUT2D eigenvalue weighted by Gasteiger charge is -2.19. The van der Waals surface area contributed by atoms with Crippen LogP contribution in [0.1, 0.15) is 20.8 Å². The molecule has 0 aromatic rings. The van der Waals surface area contributed by atoms with E-state index in [0.29, 0.717) is 0 Å². The second-order valence-electron chi connectivity index (χ2n) is 3.78. The van der Waals surface area contributed by atoms with E-state index in [-0.39, 0.29) is 6.54 Å². The Kier molecular flexibility index (Phi) is 5.07. The van der Waals surface area contributed by atoms with E-state index in [0.717, 1.165) is 0 Å². The Balaban J connectivity index is 3.93. The third-order valence-corrected chi connectivity index (χ3v) is 1.04. The lowest BCUT2D eigenvalue weighted by atomic mass is 10.2.